The van der Waals surface area contributed by atoms with Crippen molar-refractivity contribution in [1.82, 2.24) is 10.6 Å². The molecule has 0 radical (unpaired) electrons. The number of urea groups is 1. The van der Waals surface area contributed by atoms with Crippen LogP contribution in [-0.4, -0.2) is 23.6 Å². The van der Waals surface area contributed by atoms with Gasteiger partial charge in [-0.1, -0.05) is 36.4 Å². The first-order valence-electron chi connectivity index (χ1n) is 8.29. The van der Waals surface area contributed by atoms with E-state index >= 15 is 0 Å². The van der Waals surface area contributed by atoms with E-state index in [1.54, 1.807) is 42.5 Å². The molecule has 0 saturated carbocycles. The van der Waals surface area contributed by atoms with Crippen LogP contribution in [0.4, 0.5) is 14.9 Å². The number of nitrogens with one attached hydrogen (secondary N) is 3. The van der Waals surface area contributed by atoms with E-state index in [0.717, 1.165) is 5.56 Å². The van der Waals surface area contributed by atoms with Gasteiger partial charge in [0.05, 0.1) is 6.54 Å². The Labute approximate surface area is 155 Å². The second kappa shape index (κ2) is 8.18. The first-order chi connectivity index (χ1) is 13.0. The summed E-state index contributed by atoms with van der Waals surface area (Å²) >= 11 is 0. The van der Waals surface area contributed by atoms with Gasteiger partial charge >= 0.3 is 6.03 Å². The number of halogens is 1. The minimum absolute atomic E-state index is 0.127. The summed E-state index contributed by atoms with van der Waals surface area (Å²) in [6, 6.07) is 15.5. The van der Waals surface area contributed by atoms with Crippen molar-refractivity contribution >= 4 is 28.4 Å². The molecule has 138 valence electrons. The molecule has 0 aliphatic rings. The number of carbonyl (C=O) groups excluding carboxylic acids is 2. The molecule has 4 N–H and O–H groups in total. The number of hydrogen-bond donors (Lipinski definition) is 4. The maximum atomic E-state index is 12.8. The summed E-state index contributed by atoms with van der Waals surface area (Å²) in [5.74, 6) is -0.619. The van der Waals surface area contributed by atoms with Crippen LogP contribution >= 0.6 is 0 Å². The van der Waals surface area contributed by atoms with Gasteiger partial charge in [0.25, 0.3) is 0 Å². The van der Waals surface area contributed by atoms with E-state index in [9.17, 15) is 19.1 Å². The van der Waals surface area contributed by atoms with Crippen molar-refractivity contribution in [3.05, 3.63) is 72.0 Å². The lowest BCUT2D eigenvalue weighted by atomic mass is 10.1. The van der Waals surface area contributed by atoms with Crippen LogP contribution in [0.15, 0.2) is 60.7 Å². The fourth-order valence-electron chi connectivity index (χ4n) is 2.59. The number of aromatic hydroxyl groups is 1. The maximum absolute atomic E-state index is 12.8. The normalized spacial score (nSPS) is 10.4. The Morgan fingerprint density at radius 2 is 1.59 bits per heavy atom. The highest BCUT2D eigenvalue weighted by molar-refractivity contribution is 6.05. The lowest BCUT2D eigenvalue weighted by Crippen LogP contribution is -2.39. The maximum Gasteiger partial charge on any atom is 0.315 e. The molecule has 0 aliphatic heterocycles. The Morgan fingerprint density at radius 1 is 0.889 bits per heavy atom. The molecule has 0 aromatic heterocycles. The van der Waals surface area contributed by atoms with E-state index in [-0.39, 0.29) is 24.7 Å². The van der Waals surface area contributed by atoms with Gasteiger partial charge in [-0.15, -0.1) is 0 Å². The molecule has 0 unspecified atom stereocenters. The molecule has 27 heavy (non-hydrogen) atoms. The third kappa shape index (κ3) is 4.72. The van der Waals surface area contributed by atoms with Crippen LogP contribution in [0.3, 0.4) is 0 Å². The van der Waals surface area contributed by atoms with Crippen molar-refractivity contribution in [3.63, 3.8) is 0 Å². The number of carbonyl (C=O) groups is 2. The summed E-state index contributed by atoms with van der Waals surface area (Å²) in [5.41, 5.74) is 1.29. The molecule has 0 fully saturated rings. The monoisotopic (exact) mass is 367 g/mol. The predicted molar refractivity (Wildman–Crippen MR) is 101 cm³/mol. The summed E-state index contributed by atoms with van der Waals surface area (Å²) in [6.07, 6.45) is 0. The average Bonchev–Trinajstić information content (AvgIpc) is 2.68. The minimum atomic E-state index is -0.509. The van der Waals surface area contributed by atoms with Crippen LogP contribution in [0.1, 0.15) is 5.56 Å². The molecule has 0 saturated heterocycles. The second-order valence-corrected chi connectivity index (χ2v) is 5.89. The van der Waals surface area contributed by atoms with Crippen molar-refractivity contribution in [2.24, 2.45) is 0 Å². The largest absolute Gasteiger partial charge is 0.507 e. The molecular formula is C20H18FN3O3. The van der Waals surface area contributed by atoms with Gasteiger partial charge in [0.2, 0.25) is 5.91 Å². The van der Waals surface area contributed by atoms with E-state index < -0.39 is 11.9 Å². The number of benzene rings is 3. The molecule has 3 aromatic rings. The van der Waals surface area contributed by atoms with Crippen molar-refractivity contribution in [1.29, 1.82) is 0 Å². The summed E-state index contributed by atoms with van der Waals surface area (Å²) in [5, 5.41) is 19.0. The number of hydrogen-bond acceptors (Lipinski definition) is 3. The Bertz CT molecular complexity index is 974. The lowest BCUT2D eigenvalue weighted by molar-refractivity contribution is -0.115. The number of rotatable bonds is 5. The van der Waals surface area contributed by atoms with Crippen molar-refractivity contribution in [3.8, 4) is 5.75 Å². The highest BCUT2D eigenvalue weighted by Crippen LogP contribution is 2.30. The fraction of sp³-hybridized carbons (Fsp3) is 0.100. The first-order valence-corrected chi connectivity index (χ1v) is 8.29. The fourth-order valence-corrected chi connectivity index (χ4v) is 2.59. The zero-order valence-electron chi connectivity index (χ0n) is 14.3. The number of phenols is 1. The number of phenolic OH excluding ortho intramolecular Hbond substituents is 1. The number of fused-ring (bicyclic) bond motifs is 1. The third-order valence-electron chi connectivity index (χ3n) is 3.95. The lowest BCUT2D eigenvalue weighted by Gasteiger charge is -2.11. The topological polar surface area (TPSA) is 90.5 Å². The summed E-state index contributed by atoms with van der Waals surface area (Å²) < 4.78 is 12.8. The smallest absolute Gasteiger partial charge is 0.315 e. The third-order valence-corrected chi connectivity index (χ3v) is 3.95. The van der Waals surface area contributed by atoms with E-state index in [1.165, 1.54) is 18.2 Å². The van der Waals surface area contributed by atoms with Crippen LogP contribution in [0.25, 0.3) is 10.8 Å². The van der Waals surface area contributed by atoms with E-state index in [0.29, 0.717) is 16.5 Å². The van der Waals surface area contributed by atoms with Gasteiger partial charge in [-0.3, -0.25) is 4.79 Å². The van der Waals surface area contributed by atoms with Gasteiger partial charge in [-0.25, -0.2) is 9.18 Å². The molecule has 3 aromatic carbocycles. The molecule has 0 bridgehead atoms. The number of amides is 3. The Morgan fingerprint density at radius 3 is 2.33 bits per heavy atom. The summed E-state index contributed by atoms with van der Waals surface area (Å²) in [6.45, 7) is 0.000780. The SMILES string of the molecule is O=C(CNC(=O)NCc1ccc(F)cc1)Nc1ccc(O)c2ccccc12. The molecule has 0 aliphatic carbocycles. The molecular weight excluding hydrogens is 349 g/mol. The van der Waals surface area contributed by atoms with E-state index in [2.05, 4.69) is 16.0 Å². The quantitative estimate of drug-likeness (QED) is 0.522. The molecule has 7 heteroatoms. The second-order valence-electron chi connectivity index (χ2n) is 5.89. The van der Waals surface area contributed by atoms with Crippen molar-refractivity contribution in [2.45, 2.75) is 6.54 Å². The van der Waals surface area contributed by atoms with Gasteiger partial charge < -0.3 is 21.1 Å². The van der Waals surface area contributed by atoms with Gasteiger partial charge in [0, 0.05) is 23.0 Å². The van der Waals surface area contributed by atoms with Crippen LogP contribution in [-0.2, 0) is 11.3 Å². The van der Waals surface area contributed by atoms with Crippen LogP contribution in [0.5, 0.6) is 5.75 Å². The van der Waals surface area contributed by atoms with Crippen LogP contribution < -0.4 is 16.0 Å². The molecule has 6 nitrogen and oxygen atoms in total. The van der Waals surface area contributed by atoms with Gasteiger partial charge in [-0.2, -0.15) is 0 Å². The zero-order chi connectivity index (χ0) is 19.2. The van der Waals surface area contributed by atoms with E-state index in [4.69, 9.17) is 0 Å². The van der Waals surface area contributed by atoms with E-state index in [1.807, 2.05) is 0 Å². The van der Waals surface area contributed by atoms with Gasteiger partial charge in [0.1, 0.15) is 11.6 Å². The molecule has 3 amide bonds. The average molecular weight is 367 g/mol. The predicted octanol–water partition coefficient (Wildman–Crippen LogP) is 3.12. The number of anilines is 1. The Kier molecular flexibility index (Phi) is 5.51. The Hall–Kier alpha value is -3.61. The standard InChI is InChI=1S/C20H18FN3O3/c21-14-7-5-13(6-8-14)11-22-20(27)23-12-19(26)24-17-9-10-18(25)16-4-2-1-3-15(16)17/h1-10,25H,11-12H2,(H,24,26)(H2,22,23,27). The first kappa shape index (κ1) is 18.2. The van der Waals surface area contributed by atoms with Crippen LogP contribution in [0, 0.1) is 5.82 Å². The summed E-state index contributed by atoms with van der Waals surface area (Å²) in [7, 11) is 0. The van der Waals surface area contributed by atoms with Gasteiger partial charge in [-0.05, 0) is 29.8 Å². The highest BCUT2D eigenvalue weighted by atomic mass is 19.1. The highest BCUT2D eigenvalue weighted by Gasteiger charge is 2.09. The van der Waals surface area contributed by atoms with Crippen molar-refractivity contribution in [2.75, 3.05) is 11.9 Å². The molecule has 0 heterocycles. The Balaban J connectivity index is 1.52. The van der Waals surface area contributed by atoms with Crippen LogP contribution in [0.2, 0.25) is 0 Å². The van der Waals surface area contributed by atoms with Crippen molar-refractivity contribution < 1.29 is 19.1 Å². The zero-order valence-corrected chi connectivity index (χ0v) is 14.3. The minimum Gasteiger partial charge on any atom is -0.507 e. The van der Waals surface area contributed by atoms with Gasteiger partial charge in [0.15, 0.2) is 0 Å². The molecule has 0 atom stereocenters. The molecule has 0 spiro atoms. The molecule has 3 rings (SSSR count). The summed E-state index contributed by atoms with van der Waals surface area (Å²) in [4.78, 5) is 23.9.